The Bertz CT molecular complexity index is 719. The first-order valence-corrected chi connectivity index (χ1v) is 8.89. The standard InChI is InChI=1S/C18H22FNO2S/c1-11-15-9-13(19)5-8-16(15)23-17(11)18(22)20(2)14-6-3-12(10-21)4-7-14/h5,8-9,12,14,21H,3-4,6-7,10H2,1-2H3. The number of nitrogens with zero attached hydrogens (tertiary/aromatic N) is 1. The fraction of sp³-hybridized carbons (Fsp3) is 0.500. The Labute approximate surface area is 139 Å². The van der Waals surface area contributed by atoms with Crippen molar-refractivity contribution < 1.29 is 14.3 Å². The third-order valence-corrected chi connectivity index (χ3v) is 6.30. The monoisotopic (exact) mass is 335 g/mol. The van der Waals surface area contributed by atoms with Gasteiger partial charge in [0.1, 0.15) is 5.82 Å². The zero-order valence-corrected chi connectivity index (χ0v) is 14.3. The van der Waals surface area contributed by atoms with Gasteiger partial charge in [0.05, 0.1) is 4.88 Å². The Morgan fingerprint density at radius 2 is 2.04 bits per heavy atom. The van der Waals surface area contributed by atoms with Crippen LogP contribution in [-0.4, -0.2) is 35.6 Å². The van der Waals surface area contributed by atoms with Gasteiger partial charge in [0.25, 0.3) is 5.91 Å². The summed E-state index contributed by atoms with van der Waals surface area (Å²) in [6.45, 7) is 2.13. The fourth-order valence-electron chi connectivity index (χ4n) is 3.44. The van der Waals surface area contributed by atoms with Gasteiger partial charge in [0.15, 0.2) is 0 Å². The second-order valence-electron chi connectivity index (χ2n) is 6.47. The SMILES string of the molecule is Cc1c(C(=O)N(C)C2CCC(CO)CC2)sc2ccc(F)cc12. The topological polar surface area (TPSA) is 40.5 Å². The highest BCUT2D eigenvalue weighted by Gasteiger charge is 2.28. The van der Waals surface area contributed by atoms with E-state index in [-0.39, 0.29) is 24.4 Å². The van der Waals surface area contributed by atoms with E-state index < -0.39 is 0 Å². The highest BCUT2D eigenvalue weighted by Crippen LogP contribution is 2.34. The van der Waals surface area contributed by atoms with Gasteiger partial charge in [-0.05, 0) is 67.7 Å². The summed E-state index contributed by atoms with van der Waals surface area (Å²) in [6.07, 6.45) is 3.81. The molecule has 124 valence electrons. The van der Waals surface area contributed by atoms with Crippen LogP contribution in [0.3, 0.4) is 0 Å². The van der Waals surface area contributed by atoms with E-state index in [1.54, 1.807) is 6.07 Å². The molecular formula is C18H22FNO2S. The molecule has 0 spiro atoms. The van der Waals surface area contributed by atoms with E-state index in [4.69, 9.17) is 0 Å². The molecule has 3 rings (SSSR count). The first-order valence-electron chi connectivity index (χ1n) is 8.08. The maximum absolute atomic E-state index is 13.4. The molecule has 1 aromatic carbocycles. The van der Waals surface area contributed by atoms with Crippen LogP contribution in [0, 0.1) is 18.7 Å². The number of aryl methyl sites for hydroxylation is 1. The second-order valence-corrected chi connectivity index (χ2v) is 7.52. The van der Waals surface area contributed by atoms with Gasteiger partial charge in [0, 0.05) is 24.4 Å². The van der Waals surface area contributed by atoms with Gasteiger partial charge in [-0.2, -0.15) is 0 Å². The summed E-state index contributed by atoms with van der Waals surface area (Å²) in [5, 5.41) is 10.1. The number of carbonyl (C=O) groups is 1. The van der Waals surface area contributed by atoms with Gasteiger partial charge in [-0.3, -0.25) is 4.79 Å². The molecule has 3 nitrogen and oxygen atoms in total. The number of aliphatic hydroxyl groups is 1. The van der Waals surface area contributed by atoms with Crippen LogP contribution in [0.2, 0.25) is 0 Å². The molecule has 1 fully saturated rings. The van der Waals surface area contributed by atoms with E-state index in [0.717, 1.165) is 41.3 Å². The summed E-state index contributed by atoms with van der Waals surface area (Å²) >= 11 is 1.44. The second kappa shape index (κ2) is 6.57. The summed E-state index contributed by atoms with van der Waals surface area (Å²) < 4.78 is 14.4. The lowest BCUT2D eigenvalue weighted by atomic mass is 9.86. The van der Waals surface area contributed by atoms with Crippen LogP contribution in [0.5, 0.6) is 0 Å². The van der Waals surface area contributed by atoms with E-state index in [9.17, 15) is 14.3 Å². The van der Waals surface area contributed by atoms with Crippen LogP contribution in [0.25, 0.3) is 10.1 Å². The molecule has 0 atom stereocenters. The zero-order chi connectivity index (χ0) is 16.6. The highest BCUT2D eigenvalue weighted by molar-refractivity contribution is 7.21. The summed E-state index contributed by atoms with van der Waals surface area (Å²) in [5.74, 6) is 0.133. The number of rotatable bonds is 3. The maximum Gasteiger partial charge on any atom is 0.264 e. The van der Waals surface area contributed by atoms with Crippen molar-refractivity contribution in [2.75, 3.05) is 13.7 Å². The van der Waals surface area contributed by atoms with Crippen molar-refractivity contribution in [3.8, 4) is 0 Å². The van der Waals surface area contributed by atoms with Gasteiger partial charge in [-0.1, -0.05) is 0 Å². The number of fused-ring (bicyclic) bond motifs is 1. The number of amides is 1. The predicted molar refractivity (Wildman–Crippen MR) is 91.4 cm³/mol. The van der Waals surface area contributed by atoms with Crippen molar-refractivity contribution in [3.05, 3.63) is 34.5 Å². The van der Waals surface area contributed by atoms with Gasteiger partial charge >= 0.3 is 0 Å². The van der Waals surface area contributed by atoms with Gasteiger partial charge in [-0.25, -0.2) is 4.39 Å². The van der Waals surface area contributed by atoms with E-state index in [1.807, 2.05) is 18.9 Å². The molecule has 23 heavy (non-hydrogen) atoms. The van der Waals surface area contributed by atoms with E-state index in [1.165, 1.54) is 23.5 Å². The Morgan fingerprint density at radius 1 is 1.35 bits per heavy atom. The minimum atomic E-state index is -0.270. The quantitative estimate of drug-likeness (QED) is 0.922. The third kappa shape index (κ3) is 3.12. The van der Waals surface area contributed by atoms with Crippen LogP contribution in [0.15, 0.2) is 18.2 Å². The van der Waals surface area contributed by atoms with Crippen molar-refractivity contribution in [1.29, 1.82) is 0 Å². The van der Waals surface area contributed by atoms with Crippen LogP contribution in [0.1, 0.15) is 40.9 Å². The minimum Gasteiger partial charge on any atom is -0.396 e. The molecule has 1 aliphatic carbocycles. The first-order chi connectivity index (χ1) is 11.0. The van der Waals surface area contributed by atoms with Crippen LogP contribution >= 0.6 is 11.3 Å². The van der Waals surface area contributed by atoms with Crippen molar-refractivity contribution in [1.82, 2.24) is 4.90 Å². The average Bonchev–Trinajstić information content (AvgIpc) is 2.90. The molecule has 2 aromatic rings. The van der Waals surface area contributed by atoms with Gasteiger partial charge in [0.2, 0.25) is 0 Å². The Kier molecular flexibility index (Phi) is 4.69. The molecule has 0 unspecified atom stereocenters. The largest absolute Gasteiger partial charge is 0.396 e. The number of thiophene rings is 1. The number of halogens is 1. The smallest absolute Gasteiger partial charge is 0.264 e. The Hall–Kier alpha value is -1.46. The van der Waals surface area contributed by atoms with E-state index >= 15 is 0 Å². The molecule has 0 aliphatic heterocycles. The van der Waals surface area contributed by atoms with Crippen molar-refractivity contribution in [3.63, 3.8) is 0 Å². The third-order valence-electron chi connectivity index (χ3n) is 5.04. The summed E-state index contributed by atoms with van der Waals surface area (Å²) in [7, 11) is 1.86. The first kappa shape index (κ1) is 16.4. The fourth-order valence-corrected chi connectivity index (χ4v) is 4.61. The number of hydrogen-bond acceptors (Lipinski definition) is 3. The van der Waals surface area contributed by atoms with Crippen LogP contribution in [0.4, 0.5) is 4.39 Å². The maximum atomic E-state index is 13.4. The molecule has 5 heteroatoms. The molecule has 1 heterocycles. The number of hydrogen-bond donors (Lipinski definition) is 1. The number of carbonyl (C=O) groups excluding carboxylic acids is 1. The van der Waals surface area contributed by atoms with Crippen molar-refractivity contribution in [2.24, 2.45) is 5.92 Å². The normalized spacial score (nSPS) is 21.6. The lowest BCUT2D eigenvalue weighted by molar-refractivity contribution is 0.0657. The summed E-state index contributed by atoms with van der Waals surface area (Å²) in [6, 6.07) is 4.91. The molecule has 0 bridgehead atoms. The molecule has 0 radical (unpaired) electrons. The molecule has 1 aromatic heterocycles. The molecular weight excluding hydrogens is 313 g/mol. The molecule has 1 N–H and O–H groups in total. The lowest BCUT2D eigenvalue weighted by Crippen LogP contribution is -2.39. The van der Waals surface area contributed by atoms with Gasteiger partial charge in [-0.15, -0.1) is 11.3 Å². The van der Waals surface area contributed by atoms with Crippen molar-refractivity contribution >= 4 is 27.3 Å². The van der Waals surface area contributed by atoms with Crippen LogP contribution in [-0.2, 0) is 0 Å². The zero-order valence-electron chi connectivity index (χ0n) is 13.5. The lowest BCUT2D eigenvalue weighted by Gasteiger charge is -2.34. The summed E-state index contributed by atoms with van der Waals surface area (Å²) in [5.41, 5.74) is 0.866. The number of benzene rings is 1. The van der Waals surface area contributed by atoms with Crippen molar-refractivity contribution in [2.45, 2.75) is 38.6 Å². The molecule has 1 saturated carbocycles. The molecule has 0 saturated heterocycles. The summed E-state index contributed by atoms with van der Waals surface area (Å²) in [4.78, 5) is 15.4. The van der Waals surface area contributed by atoms with Crippen LogP contribution < -0.4 is 0 Å². The highest BCUT2D eigenvalue weighted by atomic mass is 32.1. The minimum absolute atomic E-state index is 0.0246. The number of aliphatic hydroxyl groups excluding tert-OH is 1. The molecule has 1 amide bonds. The Morgan fingerprint density at radius 3 is 2.70 bits per heavy atom. The average molecular weight is 335 g/mol. The van der Waals surface area contributed by atoms with E-state index in [0.29, 0.717) is 10.8 Å². The van der Waals surface area contributed by atoms with E-state index in [2.05, 4.69) is 0 Å². The predicted octanol–water partition coefficient (Wildman–Crippen LogP) is 3.97. The van der Waals surface area contributed by atoms with Gasteiger partial charge < -0.3 is 10.0 Å². The Balaban J connectivity index is 1.81. The molecule has 1 aliphatic rings.